The summed E-state index contributed by atoms with van der Waals surface area (Å²) in [6, 6.07) is 3.02. The minimum absolute atomic E-state index is 0.331. The first kappa shape index (κ1) is 13.4. The Bertz CT molecular complexity index is 377. The molecular formula is C11H12F4S. The van der Waals surface area contributed by atoms with E-state index in [1.54, 1.807) is 20.8 Å². The maximum atomic E-state index is 13.4. The van der Waals surface area contributed by atoms with E-state index in [0.717, 1.165) is 30.0 Å². The van der Waals surface area contributed by atoms with Gasteiger partial charge in [0.15, 0.2) is 0 Å². The third kappa shape index (κ3) is 3.40. The van der Waals surface area contributed by atoms with E-state index in [0.29, 0.717) is 0 Å². The molecule has 0 unspecified atom stereocenters. The highest BCUT2D eigenvalue weighted by molar-refractivity contribution is 8.00. The van der Waals surface area contributed by atoms with Crippen molar-refractivity contribution in [3.05, 3.63) is 29.6 Å². The lowest BCUT2D eigenvalue weighted by Gasteiger charge is -2.21. The molecule has 0 fully saturated rings. The molecule has 90 valence electrons. The summed E-state index contributed by atoms with van der Waals surface area (Å²) in [7, 11) is 0. The van der Waals surface area contributed by atoms with Crippen LogP contribution in [-0.2, 0) is 6.18 Å². The molecule has 0 nitrogen and oxygen atoms in total. The van der Waals surface area contributed by atoms with Gasteiger partial charge in [0.05, 0.1) is 10.5 Å². The fourth-order valence-electron chi connectivity index (χ4n) is 1.14. The average Bonchev–Trinajstić information content (AvgIpc) is 2.04. The van der Waals surface area contributed by atoms with Crippen molar-refractivity contribution in [3.63, 3.8) is 0 Å². The average molecular weight is 252 g/mol. The van der Waals surface area contributed by atoms with Crippen LogP contribution in [0, 0.1) is 5.82 Å². The molecule has 0 aromatic heterocycles. The number of halogens is 4. The molecule has 0 saturated heterocycles. The summed E-state index contributed by atoms with van der Waals surface area (Å²) in [5, 5.41) is 0. The van der Waals surface area contributed by atoms with Crippen LogP contribution in [0.3, 0.4) is 0 Å². The highest BCUT2D eigenvalue weighted by Gasteiger charge is 2.35. The van der Waals surface area contributed by atoms with Crippen molar-refractivity contribution in [1.82, 2.24) is 0 Å². The van der Waals surface area contributed by atoms with Crippen molar-refractivity contribution >= 4 is 11.8 Å². The maximum Gasteiger partial charge on any atom is 0.417 e. The standard InChI is InChI=1S/C11H12F4S/c1-10(2,3)16-9-7(11(13,14)15)5-4-6-8(9)12/h4-6H,1-3H3. The molecule has 5 heteroatoms. The molecule has 0 spiro atoms. The largest absolute Gasteiger partial charge is 0.417 e. The molecule has 1 aromatic carbocycles. The van der Waals surface area contributed by atoms with E-state index in [4.69, 9.17) is 0 Å². The minimum Gasteiger partial charge on any atom is -0.206 e. The smallest absolute Gasteiger partial charge is 0.206 e. The van der Waals surface area contributed by atoms with E-state index in [-0.39, 0.29) is 4.90 Å². The first-order valence-corrected chi connectivity index (χ1v) is 5.47. The number of hydrogen-bond acceptors (Lipinski definition) is 1. The Morgan fingerprint density at radius 1 is 1.06 bits per heavy atom. The van der Waals surface area contributed by atoms with Crippen LogP contribution in [0.2, 0.25) is 0 Å². The SMILES string of the molecule is CC(C)(C)Sc1c(F)cccc1C(F)(F)F. The van der Waals surface area contributed by atoms with Crippen molar-refractivity contribution in [2.75, 3.05) is 0 Å². The second-order valence-corrected chi connectivity index (χ2v) is 6.17. The fraction of sp³-hybridized carbons (Fsp3) is 0.455. The molecule has 0 radical (unpaired) electrons. The Balaban J connectivity index is 3.25. The summed E-state index contributed by atoms with van der Waals surface area (Å²) in [6.07, 6.45) is -4.52. The highest BCUT2D eigenvalue weighted by atomic mass is 32.2. The fourth-order valence-corrected chi connectivity index (χ4v) is 2.21. The van der Waals surface area contributed by atoms with E-state index in [1.807, 2.05) is 0 Å². The Morgan fingerprint density at radius 2 is 1.62 bits per heavy atom. The van der Waals surface area contributed by atoms with E-state index in [1.165, 1.54) is 0 Å². The van der Waals surface area contributed by atoms with Crippen molar-refractivity contribution in [1.29, 1.82) is 0 Å². The molecule has 16 heavy (non-hydrogen) atoms. The summed E-state index contributed by atoms with van der Waals surface area (Å²) in [6.45, 7) is 5.22. The molecule has 0 amide bonds. The van der Waals surface area contributed by atoms with Crippen LogP contribution < -0.4 is 0 Å². The monoisotopic (exact) mass is 252 g/mol. The van der Waals surface area contributed by atoms with Gasteiger partial charge in [-0.15, -0.1) is 11.8 Å². The molecule has 0 bridgehead atoms. The van der Waals surface area contributed by atoms with Crippen molar-refractivity contribution < 1.29 is 17.6 Å². The van der Waals surface area contributed by atoms with E-state index >= 15 is 0 Å². The Morgan fingerprint density at radius 3 is 2.06 bits per heavy atom. The van der Waals surface area contributed by atoms with Gasteiger partial charge in [-0.3, -0.25) is 0 Å². The topological polar surface area (TPSA) is 0 Å². The summed E-state index contributed by atoms with van der Waals surface area (Å²) in [5.74, 6) is -0.824. The first-order valence-electron chi connectivity index (χ1n) is 4.66. The zero-order chi connectivity index (χ0) is 12.6. The number of benzene rings is 1. The third-order valence-corrected chi connectivity index (χ3v) is 2.91. The van der Waals surface area contributed by atoms with Gasteiger partial charge in [-0.05, 0) is 12.1 Å². The van der Waals surface area contributed by atoms with Gasteiger partial charge in [0.1, 0.15) is 5.82 Å². The first-order chi connectivity index (χ1) is 7.11. The van der Waals surface area contributed by atoms with Crippen LogP contribution in [0.25, 0.3) is 0 Å². The van der Waals surface area contributed by atoms with Gasteiger partial charge in [-0.25, -0.2) is 4.39 Å². The molecular weight excluding hydrogens is 240 g/mol. The summed E-state index contributed by atoms with van der Waals surface area (Å²) < 4.78 is 50.8. The van der Waals surface area contributed by atoms with Gasteiger partial charge in [0.2, 0.25) is 0 Å². The Hall–Kier alpha value is -0.710. The molecule has 0 aliphatic rings. The molecule has 0 aliphatic heterocycles. The van der Waals surface area contributed by atoms with Gasteiger partial charge in [-0.2, -0.15) is 13.2 Å². The molecule has 0 saturated carbocycles. The van der Waals surface area contributed by atoms with E-state index in [9.17, 15) is 17.6 Å². The third-order valence-electron chi connectivity index (χ3n) is 1.68. The van der Waals surface area contributed by atoms with Crippen LogP contribution in [0.4, 0.5) is 17.6 Å². The minimum atomic E-state index is -4.52. The lowest BCUT2D eigenvalue weighted by atomic mass is 10.2. The van der Waals surface area contributed by atoms with Gasteiger partial charge < -0.3 is 0 Å². The summed E-state index contributed by atoms with van der Waals surface area (Å²) in [5.41, 5.74) is -0.910. The Kier molecular flexibility index (Phi) is 3.57. The zero-order valence-corrected chi connectivity index (χ0v) is 9.97. The van der Waals surface area contributed by atoms with Crippen molar-refractivity contribution in [2.24, 2.45) is 0 Å². The van der Waals surface area contributed by atoms with E-state index in [2.05, 4.69) is 0 Å². The number of alkyl halides is 3. The van der Waals surface area contributed by atoms with Gasteiger partial charge in [0, 0.05) is 4.75 Å². The zero-order valence-electron chi connectivity index (χ0n) is 9.15. The molecule has 0 atom stereocenters. The van der Waals surface area contributed by atoms with E-state index < -0.39 is 22.3 Å². The number of thioether (sulfide) groups is 1. The van der Waals surface area contributed by atoms with Crippen LogP contribution in [0.5, 0.6) is 0 Å². The van der Waals surface area contributed by atoms with Gasteiger partial charge in [-0.1, -0.05) is 26.8 Å². The second kappa shape index (κ2) is 4.28. The molecule has 0 aliphatic carbocycles. The lowest BCUT2D eigenvalue weighted by molar-refractivity contribution is -0.140. The summed E-state index contributed by atoms with van der Waals surface area (Å²) >= 11 is 0.886. The predicted octanol–water partition coefficient (Wildman–Crippen LogP) is 4.74. The van der Waals surface area contributed by atoms with Crippen LogP contribution >= 0.6 is 11.8 Å². The predicted molar refractivity (Wildman–Crippen MR) is 57.0 cm³/mol. The molecule has 1 aromatic rings. The number of hydrogen-bond donors (Lipinski definition) is 0. The van der Waals surface area contributed by atoms with Gasteiger partial charge in [0.25, 0.3) is 0 Å². The Labute approximate surface area is 96.0 Å². The molecule has 1 rings (SSSR count). The number of rotatable bonds is 1. The highest BCUT2D eigenvalue weighted by Crippen LogP contribution is 2.42. The van der Waals surface area contributed by atoms with Crippen LogP contribution in [0.15, 0.2) is 23.1 Å². The van der Waals surface area contributed by atoms with Crippen LogP contribution in [-0.4, -0.2) is 4.75 Å². The van der Waals surface area contributed by atoms with Crippen molar-refractivity contribution in [2.45, 2.75) is 36.6 Å². The second-order valence-electron chi connectivity index (χ2n) is 4.33. The molecule has 0 N–H and O–H groups in total. The normalized spacial score (nSPS) is 12.9. The van der Waals surface area contributed by atoms with Gasteiger partial charge >= 0.3 is 6.18 Å². The lowest BCUT2D eigenvalue weighted by Crippen LogP contribution is -2.13. The summed E-state index contributed by atoms with van der Waals surface area (Å²) in [4.78, 5) is -0.331. The molecule has 0 heterocycles. The van der Waals surface area contributed by atoms with Crippen molar-refractivity contribution in [3.8, 4) is 0 Å². The quantitative estimate of drug-likeness (QED) is 0.514. The van der Waals surface area contributed by atoms with Crippen LogP contribution in [0.1, 0.15) is 26.3 Å². The maximum absolute atomic E-state index is 13.4.